The molecule has 0 N–H and O–H groups in total. The van der Waals surface area contributed by atoms with Crippen molar-refractivity contribution in [2.45, 2.75) is 70.3 Å². The van der Waals surface area contributed by atoms with Crippen molar-refractivity contribution >= 4 is 11.9 Å². The molecule has 0 aromatic carbocycles. The zero-order valence-corrected chi connectivity index (χ0v) is 13.0. The first-order chi connectivity index (χ1) is 9.97. The molecule has 0 aliphatic heterocycles. The molecule has 0 spiro atoms. The van der Waals surface area contributed by atoms with Crippen LogP contribution in [0.15, 0.2) is 0 Å². The Bertz CT molecular complexity index is 476. The van der Waals surface area contributed by atoms with Crippen LogP contribution < -0.4 is 0 Å². The molecule has 4 atom stereocenters. The maximum absolute atomic E-state index is 13.5. The number of alkyl halides is 3. The molecule has 0 saturated heterocycles. The summed E-state index contributed by atoms with van der Waals surface area (Å²) in [7, 11) is 0. The second kappa shape index (κ2) is 5.42. The van der Waals surface area contributed by atoms with Crippen LogP contribution in [0.25, 0.3) is 0 Å². The van der Waals surface area contributed by atoms with E-state index < -0.39 is 35.7 Å². The summed E-state index contributed by atoms with van der Waals surface area (Å²) in [4.78, 5) is 22.6. The number of esters is 2. The Hall–Kier alpha value is -1.27. The third-order valence-electron chi connectivity index (χ3n) is 4.87. The number of hydrogen-bond donors (Lipinski definition) is 0. The molecule has 7 heteroatoms. The normalized spacial score (nSPS) is 33.4. The minimum Gasteiger partial charge on any atom is -0.459 e. The van der Waals surface area contributed by atoms with E-state index in [-0.39, 0.29) is 11.8 Å². The SMILES string of the molecule is CC(=O)OC1(CC(C)(OC(C)=O)C(F)(F)F)CC2CCC1C2. The summed E-state index contributed by atoms with van der Waals surface area (Å²) in [6.45, 7) is 3.00. The predicted octanol–water partition coefficient (Wildman–Crippen LogP) is 3.38. The first-order valence-corrected chi connectivity index (χ1v) is 7.43. The Labute approximate surface area is 127 Å². The van der Waals surface area contributed by atoms with Crippen LogP contribution in [0.1, 0.15) is 52.9 Å². The van der Waals surface area contributed by atoms with Crippen LogP contribution in [0.3, 0.4) is 0 Å². The van der Waals surface area contributed by atoms with Gasteiger partial charge in [-0.2, -0.15) is 13.2 Å². The molecule has 0 aromatic heterocycles. The molecule has 126 valence electrons. The fraction of sp³-hybridized carbons (Fsp3) is 0.867. The van der Waals surface area contributed by atoms with E-state index in [2.05, 4.69) is 4.74 Å². The van der Waals surface area contributed by atoms with Crippen molar-refractivity contribution in [2.75, 3.05) is 0 Å². The van der Waals surface area contributed by atoms with Gasteiger partial charge in [-0.15, -0.1) is 0 Å². The molecular weight excluding hydrogens is 301 g/mol. The van der Waals surface area contributed by atoms with Crippen molar-refractivity contribution in [3.8, 4) is 0 Å². The van der Waals surface area contributed by atoms with Gasteiger partial charge in [0.1, 0.15) is 5.60 Å². The van der Waals surface area contributed by atoms with Crippen molar-refractivity contribution in [1.82, 2.24) is 0 Å². The third kappa shape index (κ3) is 3.08. The average Bonchev–Trinajstić information content (AvgIpc) is 2.84. The second-order valence-corrected chi connectivity index (χ2v) is 6.74. The Morgan fingerprint density at radius 2 is 1.82 bits per heavy atom. The van der Waals surface area contributed by atoms with Crippen LogP contribution in [0.4, 0.5) is 13.2 Å². The van der Waals surface area contributed by atoms with E-state index in [1.165, 1.54) is 6.92 Å². The van der Waals surface area contributed by atoms with Crippen LogP contribution >= 0.6 is 0 Å². The minimum absolute atomic E-state index is 0.0985. The van der Waals surface area contributed by atoms with Crippen molar-refractivity contribution in [3.05, 3.63) is 0 Å². The lowest BCUT2D eigenvalue weighted by atomic mass is 9.76. The highest BCUT2D eigenvalue weighted by Gasteiger charge is 2.63. The number of hydrogen-bond acceptors (Lipinski definition) is 4. The van der Waals surface area contributed by atoms with Gasteiger partial charge in [-0.3, -0.25) is 9.59 Å². The summed E-state index contributed by atoms with van der Waals surface area (Å²) < 4.78 is 50.3. The summed E-state index contributed by atoms with van der Waals surface area (Å²) in [6.07, 6.45) is -2.40. The molecule has 4 nitrogen and oxygen atoms in total. The number of rotatable bonds is 4. The summed E-state index contributed by atoms with van der Waals surface area (Å²) >= 11 is 0. The number of fused-ring (bicyclic) bond motifs is 2. The molecule has 4 unspecified atom stereocenters. The Morgan fingerprint density at radius 1 is 1.18 bits per heavy atom. The molecular formula is C15H21F3O4. The first kappa shape index (κ1) is 17.1. The summed E-state index contributed by atoms with van der Waals surface area (Å²) in [5, 5.41) is 0. The molecule has 0 heterocycles. The predicted molar refractivity (Wildman–Crippen MR) is 70.8 cm³/mol. The van der Waals surface area contributed by atoms with Gasteiger partial charge in [-0.25, -0.2) is 0 Å². The monoisotopic (exact) mass is 322 g/mol. The zero-order valence-electron chi connectivity index (χ0n) is 13.0. The molecule has 2 rings (SSSR count). The van der Waals surface area contributed by atoms with Gasteiger partial charge in [0.25, 0.3) is 0 Å². The van der Waals surface area contributed by atoms with Crippen LogP contribution in [0.2, 0.25) is 0 Å². The third-order valence-corrected chi connectivity index (χ3v) is 4.87. The lowest BCUT2D eigenvalue weighted by Crippen LogP contribution is -2.54. The van der Waals surface area contributed by atoms with E-state index in [0.29, 0.717) is 6.42 Å². The Balaban J connectivity index is 2.32. The second-order valence-electron chi connectivity index (χ2n) is 6.74. The molecule has 0 aromatic rings. The van der Waals surface area contributed by atoms with E-state index in [4.69, 9.17) is 4.74 Å². The number of halogens is 3. The van der Waals surface area contributed by atoms with Crippen LogP contribution in [-0.2, 0) is 19.1 Å². The van der Waals surface area contributed by atoms with E-state index >= 15 is 0 Å². The van der Waals surface area contributed by atoms with Crippen LogP contribution in [0, 0.1) is 11.8 Å². The minimum atomic E-state index is -4.73. The highest BCUT2D eigenvalue weighted by molar-refractivity contribution is 5.67. The maximum Gasteiger partial charge on any atom is 0.428 e. The molecule has 2 bridgehead atoms. The fourth-order valence-electron chi connectivity index (χ4n) is 4.14. The van der Waals surface area contributed by atoms with Gasteiger partial charge >= 0.3 is 18.1 Å². The van der Waals surface area contributed by atoms with E-state index in [9.17, 15) is 22.8 Å². The fourth-order valence-corrected chi connectivity index (χ4v) is 4.14. The van der Waals surface area contributed by atoms with E-state index in [1.54, 1.807) is 0 Å². The Kier molecular flexibility index (Phi) is 4.21. The van der Waals surface area contributed by atoms with E-state index in [1.807, 2.05) is 0 Å². The number of carbonyl (C=O) groups is 2. The van der Waals surface area contributed by atoms with Crippen molar-refractivity contribution in [1.29, 1.82) is 0 Å². The summed E-state index contributed by atoms with van der Waals surface area (Å²) in [6, 6.07) is 0. The Morgan fingerprint density at radius 3 is 2.18 bits per heavy atom. The van der Waals surface area contributed by atoms with Gasteiger partial charge in [-0.05, 0) is 44.4 Å². The summed E-state index contributed by atoms with van der Waals surface area (Å²) in [5.41, 5.74) is -3.84. The standard InChI is InChI=1S/C15H21F3O4/c1-9(19)21-13(3,15(16,17)18)8-14(22-10(2)20)7-11-4-5-12(14)6-11/h11-12H,4-8H2,1-3H3. The first-order valence-electron chi connectivity index (χ1n) is 7.43. The van der Waals surface area contributed by atoms with Crippen LogP contribution in [0.5, 0.6) is 0 Å². The molecule has 2 aliphatic carbocycles. The zero-order chi connectivity index (χ0) is 16.8. The van der Waals surface area contributed by atoms with Gasteiger partial charge in [-0.1, -0.05) is 0 Å². The number of ether oxygens (including phenoxy) is 2. The lowest BCUT2D eigenvalue weighted by molar-refractivity contribution is -0.280. The topological polar surface area (TPSA) is 52.6 Å². The van der Waals surface area contributed by atoms with Gasteiger partial charge in [0, 0.05) is 20.3 Å². The molecule has 0 amide bonds. The van der Waals surface area contributed by atoms with Gasteiger partial charge < -0.3 is 9.47 Å². The van der Waals surface area contributed by atoms with Crippen molar-refractivity contribution in [3.63, 3.8) is 0 Å². The van der Waals surface area contributed by atoms with Crippen molar-refractivity contribution < 1.29 is 32.2 Å². The smallest absolute Gasteiger partial charge is 0.428 e. The van der Waals surface area contributed by atoms with Gasteiger partial charge in [0.05, 0.1) is 0 Å². The van der Waals surface area contributed by atoms with Crippen LogP contribution in [-0.4, -0.2) is 29.3 Å². The number of carbonyl (C=O) groups excluding carboxylic acids is 2. The van der Waals surface area contributed by atoms with E-state index in [0.717, 1.165) is 33.1 Å². The van der Waals surface area contributed by atoms with Crippen molar-refractivity contribution in [2.24, 2.45) is 11.8 Å². The van der Waals surface area contributed by atoms with Gasteiger partial charge in [0.2, 0.25) is 5.60 Å². The molecule has 2 fully saturated rings. The summed E-state index contributed by atoms with van der Waals surface area (Å²) in [5.74, 6) is -1.42. The van der Waals surface area contributed by atoms with Gasteiger partial charge in [0.15, 0.2) is 0 Å². The maximum atomic E-state index is 13.5. The molecule has 2 saturated carbocycles. The molecule has 2 aliphatic rings. The lowest BCUT2D eigenvalue weighted by Gasteiger charge is -2.43. The molecule has 22 heavy (non-hydrogen) atoms. The quantitative estimate of drug-likeness (QED) is 0.745. The molecule has 0 radical (unpaired) electrons. The highest BCUT2D eigenvalue weighted by atomic mass is 19.4. The highest BCUT2D eigenvalue weighted by Crippen LogP contribution is 2.57. The average molecular weight is 322 g/mol. The largest absolute Gasteiger partial charge is 0.459 e.